The molecule has 1 aliphatic heterocycles. The quantitative estimate of drug-likeness (QED) is 0.775. The minimum Gasteiger partial charge on any atom is -0.315 e. The lowest BCUT2D eigenvalue weighted by Crippen LogP contribution is -2.43. The Kier molecular flexibility index (Phi) is 4.57. The molecular weight excluding hydrogens is 212 g/mol. The van der Waals surface area contributed by atoms with E-state index in [0.29, 0.717) is 0 Å². The molecule has 96 valence electrons. The number of aromatic nitrogens is 2. The van der Waals surface area contributed by atoms with E-state index in [9.17, 15) is 0 Å². The van der Waals surface area contributed by atoms with Crippen LogP contribution in [0.3, 0.4) is 0 Å². The van der Waals surface area contributed by atoms with Gasteiger partial charge in [-0.15, -0.1) is 0 Å². The van der Waals surface area contributed by atoms with E-state index >= 15 is 0 Å². The van der Waals surface area contributed by atoms with Crippen LogP contribution >= 0.6 is 0 Å². The van der Waals surface area contributed by atoms with Crippen LogP contribution in [0.5, 0.6) is 0 Å². The molecule has 0 amide bonds. The van der Waals surface area contributed by atoms with E-state index in [1.54, 1.807) is 0 Å². The SMILES string of the molecule is CN1CCCCC1CNCCc1cnn(C)c1. The summed E-state index contributed by atoms with van der Waals surface area (Å²) in [6.45, 7) is 3.43. The van der Waals surface area contributed by atoms with Gasteiger partial charge in [-0.3, -0.25) is 4.68 Å². The van der Waals surface area contributed by atoms with Gasteiger partial charge in [0.05, 0.1) is 6.20 Å². The molecule has 1 unspecified atom stereocenters. The Balaban J connectivity index is 1.62. The number of nitrogens with zero attached hydrogens (tertiary/aromatic N) is 3. The van der Waals surface area contributed by atoms with Crippen LogP contribution in [0, 0.1) is 0 Å². The highest BCUT2D eigenvalue weighted by Crippen LogP contribution is 2.13. The first-order chi connectivity index (χ1) is 8.25. The Hall–Kier alpha value is -0.870. The van der Waals surface area contributed by atoms with Crippen molar-refractivity contribution in [2.24, 2.45) is 7.05 Å². The summed E-state index contributed by atoms with van der Waals surface area (Å²) in [5.74, 6) is 0. The van der Waals surface area contributed by atoms with Gasteiger partial charge in [-0.25, -0.2) is 0 Å². The van der Waals surface area contributed by atoms with Gasteiger partial charge >= 0.3 is 0 Å². The highest BCUT2D eigenvalue weighted by atomic mass is 15.2. The fourth-order valence-corrected chi connectivity index (χ4v) is 2.50. The smallest absolute Gasteiger partial charge is 0.0522 e. The summed E-state index contributed by atoms with van der Waals surface area (Å²) < 4.78 is 1.87. The maximum atomic E-state index is 4.18. The maximum Gasteiger partial charge on any atom is 0.0522 e. The van der Waals surface area contributed by atoms with E-state index in [-0.39, 0.29) is 0 Å². The zero-order valence-electron chi connectivity index (χ0n) is 11.0. The van der Waals surface area contributed by atoms with Crippen LogP contribution in [-0.4, -0.2) is 47.4 Å². The number of hydrogen-bond acceptors (Lipinski definition) is 3. The number of piperidine rings is 1. The Bertz CT molecular complexity index is 334. The molecule has 0 aromatic carbocycles. The van der Waals surface area contributed by atoms with Crippen LogP contribution in [0.2, 0.25) is 0 Å². The summed E-state index contributed by atoms with van der Waals surface area (Å²) in [5.41, 5.74) is 1.32. The van der Waals surface area contributed by atoms with Gasteiger partial charge in [-0.05, 0) is 45.0 Å². The molecule has 4 nitrogen and oxygen atoms in total. The summed E-state index contributed by atoms with van der Waals surface area (Å²) in [6.07, 6.45) is 9.21. The third-order valence-corrected chi connectivity index (χ3v) is 3.65. The van der Waals surface area contributed by atoms with Crippen LogP contribution in [0.4, 0.5) is 0 Å². The predicted octanol–water partition coefficient (Wildman–Crippen LogP) is 1.04. The lowest BCUT2D eigenvalue weighted by Gasteiger charge is -2.32. The van der Waals surface area contributed by atoms with Gasteiger partial charge in [0, 0.05) is 25.8 Å². The Morgan fingerprint density at radius 2 is 2.29 bits per heavy atom. The highest BCUT2D eigenvalue weighted by Gasteiger charge is 2.17. The third kappa shape index (κ3) is 3.82. The molecule has 1 fully saturated rings. The van der Waals surface area contributed by atoms with Crippen molar-refractivity contribution in [2.75, 3.05) is 26.7 Å². The van der Waals surface area contributed by atoms with Crippen molar-refractivity contribution in [1.82, 2.24) is 20.0 Å². The second kappa shape index (κ2) is 6.17. The second-order valence-electron chi connectivity index (χ2n) is 5.11. The first-order valence-electron chi connectivity index (χ1n) is 6.64. The zero-order valence-corrected chi connectivity index (χ0v) is 11.0. The molecule has 1 aromatic rings. The maximum absolute atomic E-state index is 4.18. The largest absolute Gasteiger partial charge is 0.315 e. The molecule has 1 atom stereocenters. The van der Waals surface area contributed by atoms with Crippen molar-refractivity contribution in [3.63, 3.8) is 0 Å². The summed E-state index contributed by atoms with van der Waals surface area (Å²) >= 11 is 0. The van der Waals surface area contributed by atoms with Crippen LogP contribution < -0.4 is 5.32 Å². The van der Waals surface area contributed by atoms with Gasteiger partial charge in [0.15, 0.2) is 0 Å². The van der Waals surface area contributed by atoms with Gasteiger partial charge in [-0.2, -0.15) is 5.10 Å². The zero-order chi connectivity index (χ0) is 12.1. The minimum atomic E-state index is 0.734. The van der Waals surface area contributed by atoms with E-state index < -0.39 is 0 Å². The fraction of sp³-hybridized carbons (Fsp3) is 0.769. The average Bonchev–Trinajstić information content (AvgIpc) is 2.73. The standard InChI is InChI=1S/C13H24N4/c1-16-8-4-3-5-13(16)10-14-7-6-12-9-15-17(2)11-12/h9,11,13-14H,3-8,10H2,1-2H3. The molecule has 4 heteroatoms. The monoisotopic (exact) mass is 236 g/mol. The summed E-state index contributed by atoms with van der Waals surface area (Å²) in [4.78, 5) is 2.49. The molecule has 2 heterocycles. The van der Waals surface area contributed by atoms with Crippen LogP contribution in [-0.2, 0) is 13.5 Å². The van der Waals surface area contributed by atoms with E-state index in [0.717, 1.165) is 25.6 Å². The van der Waals surface area contributed by atoms with E-state index in [4.69, 9.17) is 0 Å². The van der Waals surface area contributed by atoms with Gasteiger partial charge in [0.2, 0.25) is 0 Å². The predicted molar refractivity (Wildman–Crippen MR) is 70.1 cm³/mol. The van der Waals surface area contributed by atoms with Gasteiger partial charge in [-0.1, -0.05) is 6.42 Å². The van der Waals surface area contributed by atoms with Crippen molar-refractivity contribution >= 4 is 0 Å². The fourth-order valence-electron chi connectivity index (χ4n) is 2.50. The minimum absolute atomic E-state index is 0.734. The Morgan fingerprint density at radius 3 is 3.00 bits per heavy atom. The number of hydrogen-bond donors (Lipinski definition) is 1. The Morgan fingerprint density at radius 1 is 1.41 bits per heavy atom. The first kappa shape index (κ1) is 12.6. The van der Waals surface area contributed by atoms with Crippen molar-refractivity contribution < 1.29 is 0 Å². The molecule has 0 bridgehead atoms. The average molecular weight is 236 g/mol. The molecule has 1 N–H and O–H groups in total. The van der Waals surface area contributed by atoms with Crippen LogP contribution in [0.1, 0.15) is 24.8 Å². The summed E-state index contributed by atoms with van der Waals surface area (Å²) in [7, 11) is 4.21. The lowest BCUT2D eigenvalue weighted by molar-refractivity contribution is 0.182. The van der Waals surface area contributed by atoms with E-state index in [2.05, 4.69) is 28.6 Å². The number of nitrogens with one attached hydrogen (secondary N) is 1. The van der Waals surface area contributed by atoms with Gasteiger partial charge in [0.1, 0.15) is 0 Å². The van der Waals surface area contributed by atoms with Gasteiger partial charge < -0.3 is 10.2 Å². The van der Waals surface area contributed by atoms with Crippen molar-refractivity contribution in [1.29, 1.82) is 0 Å². The molecule has 17 heavy (non-hydrogen) atoms. The first-order valence-corrected chi connectivity index (χ1v) is 6.64. The number of likely N-dealkylation sites (N-methyl/N-ethyl adjacent to an activating group) is 1. The van der Waals surface area contributed by atoms with Crippen molar-refractivity contribution in [3.8, 4) is 0 Å². The second-order valence-corrected chi connectivity index (χ2v) is 5.11. The molecule has 1 aliphatic rings. The summed E-state index contributed by atoms with van der Waals surface area (Å²) in [5, 5.41) is 7.74. The van der Waals surface area contributed by atoms with Crippen molar-refractivity contribution in [3.05, 3.63) is 18.0 Å². The van der Waals surface area contributed by atoms with Crippen molar-refractivity contribution in [2.45, 2.75) is 31.7 Å². The van der Waals surface area contributed by atoms with E-state index in [1.807, 2.05) is 17.9 Å². The third-order valence-electron chi connectivity index (χ3n) is 3.65. The molecule has 1 saturated heterocycles. The molecule has 0 aliphatic carbocycles. The van der Waals surface area contributed by atoms with Crippen LogP contribution in [0.25, 0.3) is 0 Å². The Labute approximate surface area is 104 Å². The normalized spacial score (nSPS) is 21.9. The molecule has 0 spiro atoms. The number of rotatable bonds is 5. The topological polar surface area (TPSA) is 33.1 Å². The molecule has 0 radical (unpaired) electrons. The summed E-state index contributed by atoms with van der Waals surface area (Å²) in [6, 6.07) is 0.734. The van der Waals surface area contributed by atoms with Crippen LogP contribution in [0.15, 0.2) is 12.4 Å². The number of likely N-dealkylation sites (tertiary alicyclic amines) is 1. The molecule has 0 saturated carbocycles. The molecular formula is C13H24N4. The molecule has 2 rings (SSSR count). The number of aryl methyl sites for hydroxylation is 1. The molecule has 1 aromatic heterocycles. The lowest BCUT2D eigenvalue weighted by atomic mass is 10.0. The van der Waals surface area contributed by atoms with E-state index in [1.165, 1.54) is 31.4 Å². The highest BCUT2D eigenvalue weighted by molar-refractivity contribution is 5.03. The van der Waals surface area contributed by atoms with Gasteiger partial charge in [0.25, 0.3) is 0 Å².